The van der Waals surface area contributed by atoms with Crippen molar-refractivity contribution in [2.45, 2.75) is 44.8 Å². The van der Waals surface area contributed by atoms with Gasteiger partial charge in [0, 0.05) is 31.0 Å². The number of hydrogen-bond donors (Lipinski definition) is 1. The molecule has 4 heteroatoms. The maximum absolute atomic E-state index is 12.7. The van der Waals surface area contributed by atoms with Crippen LogP contribution in [-0.4, -0.2) is 34.4 Å². The number of amides is 1. The highest BCUT2D eigenvalue weighted by Gasteiger charge is 2.39. The zero-order valence-corrected chi connectivity index (χ0v) is 11.4. The van der Waals surface area contributed by atoms with E-state index < -0.39 is 0 Å². The van der Waals surface area contributed by atoms with Crippen LogP contribution in [0.15, 0.2) is 24.5 Å². The van der Waals surface area contributed by atoms with Crippen LogP contribution in [0.5, 0.6) is 0 Å². The molecule has 0 radical (unpaired) electrons. The first-order valence-electron chi connectivity index (χ1n) is 7.18. The van der Waals surface area contributed by atoms with Crippen molar-refractivity contribution in [3.63, 3.8) is 0 Å². The molecule has 1 aromatic rings. The number of aromatic nitrogens is 1. The number of carbonyl (C=O) groups is 1. The van der Waals surface area contributed by atoms with Gasteiger partial charge in [0.05, 0.1) is 5.92 Å². The second kappa shape index (κ2) is 5.29. The lowest BCUT2D eigenvalue weighted by atomic mass is 10.00. The van der Waals surface area contributed by atoms with Gasteiger partial charge in [-0.3, -0.25) is 9.78 Å². The van der Waals surface area contributed by atoms with E-state index in [9.17, 15) is 4.79 Å². The van der Waals surface area contributed by atoms with Crippen molar-refractivity contribution in [2.75, 3.05) is 6.54 Å². The van der Waals surface area contributed by atoms with Crippen LogP contribution in [0.2, 0.25) is 0 Å². The summed E-state index contributed by atoms with van der Waals surface area (Å²) in [6.45, 7) is 3.79. The molecule has 2 heterocycles. The minimum atomic E-state index is 0.150. The summed E-state index contributed by atoms with van der Waals surface area (Å²) in [5.74, 6) is 0.473. The molecule has 1 aliphatic heterocycles. The van der Waals surface area contributed by atoms with Crippen molar-refractivity contribution in [3.8, 4) is 0 Å². The molecule has 1 N–H and O–H groups in total. The number of pyridine rings is 1. The zero-order valence-electron chi connectivity index (χ0n) is 11.4. The first-order chi connectivity index (χ1) is 9.25. The van der Waals surface area contributed by atoms with Crippen LogP contribution in [0.25, 0.3) is 0 Å². The summed E-state index contributed by atoms with van der Waals surface area (Å²) in [5, 5.41) is 3.37. The van der Waals surface area contributed by atoms with Crippen LogP contribution in [0, 0.1) is 5.92 Å². The Kier molecular flexibility index (Phi) is 3.51. The van der Waals surface area contributed by atoms with Crippen LogP contribution < -0.4 is 5.32 Å². The van der Waals surface area contributed by atoms with Crippen LogP contribution >= 0.6 is 0 Å². The summed E-state index contributed by atoms with van der Waals surface area (Å²) in [7, 11) is 0. The second-order valence-corrected chi connectivity index (χ2v) is 5.70. The molecule has 19 heavy (non-hydrogen) atoms. The lowest BCUT2D eigenvalue weighted by Crippen LogP contribution is -2.41. The maximum atomic E-state index is 12.7. The SMILES string of the molecule is CC1NCCC1C(=O)N(Cc1cccnc1)C1CC1. The summed E-state index contributed by atoms with van der Waals surface area (Å²) >= 11 is 0. The van der Waals surface area contributed by atoms with E-state index in [0.717, 1.165) is 31.4 Å². The Morgan fingerprint density at radius 1 is 1.47 bits per heavy atom. The molecule has 1 saturated carbocycles. The predicted molar refractivity (Wildman–Crippen MR) is 73.4 cm³/mol. The zero-order chi connectivity index (χ0) is 13.2. The van der Waals surface area contributed by atoms with Gasteiger partial charge in [-0.25, -0.2) is 0 Å². The highest BCUT2D eigenvalue weighted by atomic mass is 16.2. The van der Waals surface area contributed by atoms with Crippen LogP contribution in [0.3, 0.4) is 0 Å². The summed E-state index contributed by atoms with van der Waals surface area (Å²) in [6, 6.07) is 4.75. The first-order valence-corrected chi connectivity index (χ1v) is 7.18. The summed E-state index contributed by atoms with van der Waals surface area (Å²) in [6.07, 6.45) is 6.91. The molecule has 2 aliphatic rings. The Hall–Kier alpha value is -1.42. The van der Waals surface area contributed by atoms with Gasteiger partial charge in [0.15, 0.2) is 0 Å². The number of hydrogen-bond acceptors (Lipinski definition) is 3. The van der Waals surface area contributed by atoms with E-state index >= 15 is 0 Å². The van der Waals surface area contributed by atoms with E-state index in [1.54, 1.807) is 6.20 Å². The van der Waals surface area contributed by atoms with Crippen molar-refractivity contribution in [2.24, 2.45) is 5.92 Å². The van der Waals surface area contributed by atoms with E-state index in [0.29, 0.717) is 24.5 Å². The van der Waals surface area contributed by atoms with Gasteiger partial charge in [0.2, 0.25) is 5.91 Å². The van der Waals surface area contributed by atoms with Crippen molar-refractivity contribution in [1.29, 1.82) is 0 Å². The van der Waals surface area contributed by atoms with Gasteiger partial charge in [-0.15, -0.1) is 0 Å². The lowest BCUT2D eigenvalue weighted by Gasteiger charge is -2.27. The number of rotatable bonds is 4. The van der Waals surface area contributed by atoms with Crippen LogP contribution in [0.4, 0.5) is 0 Å². The molecule has 1 aromatic heterocycles. The quantitative estimate of drug-likeness (QED) is 0.892. The molecule has 2 unspecified atom stereocenters. The van der Waals surface area contributed by atoms with Crippen LogP contribution in [0.1, 0.15) is 31.7 Å². The highest BCUT2D eigenvalue weighted by molar-refractivity contribution is 5.80. The van der Waals surface area contributed by atoms with Gasteiger partial charge in [0.25, 0.3) is 0 Å². The molecule has 3 rings (SSSR count). The van der Waals surface area contributed by atoms with E-state index in [1.807, 2.05) is 18.3 Å². The van der Waals surface area contributed by atoms with E-state index in [2.05, 4.69) is 22.1 Å². The van der Waals surface area contributed by atoms with Crippen LogP contribution in [-0.2, 0) is 11.3 Å². The summed E-state index contributed by atoms with van der Waals surface area (Å²) in [5.41, 5.74) is 1.13. The Labute approximate surface area is 114 Å². The molecule has 1 aliphatic carbocycles. The largest absolute Gasteiger partial charge is 0.335 e. The normalized spacial score (nSPS) is 26.4. The van der Waals surface area contributed by atoms with Gasteiger partial charge >= 0.3 is 0 Å². The lowest BCUT2D eigenvalue weighted by molar-refractivity contribution is -0.137. The third-order valence-electron chi connectivity index (χ3n) is 4.19. The molecule has 0 aromatic carbocycles. The predicted octanol–water partition coefficient (Wildman–Crippen LogP) is 1.57. The third-order valence-corrected chi connectivity index (χ3v) is 4.19. The van der Waals surface area contributed by atoms with Gasteiger partial charge in [-0.1, -0.05) is 6.07 Å². The monoisotopic (exact) mass is 259 g/mol. The number of nitrogens with zero attached hydrogens (tertiary/aromatic N) is 2. The fourth-order valence-electron chi connectivity index (χ4n) is 2.87. The average molecular weight is 259 g/mol. The third kappa shape index (κ3) is 2.78. The van der Waals surface area contributed by atoms with Crippen molar-refractivity contribution >= 4 is 5.91 Å². The molecule has 0 spiro atoms. The molecule has 2 fully saturated rings. The molecular formula is C15H21N3O. The first kappa shape index (κ1) is 12.6. The van der Waals surface area contributed by atoms with Gasteiger partial charge in [-0.2, -0.15) is 0 Å². The molecule has 2 atom stereocenters. The van der Waals surface area contributed by atoms with Crippen molar-refractivity contribution in [3.05, 3.63) is 30.1 Å². The maximum Gasteiger partial charge on any atom is 0.227 e. The molecule has 0 bridgehead atoms. The summed E-state index contributed by atoms with van der Waals surface area (Å²) in [4.78, 5) is 18.9. The standard InChI is InChI=1S/C15H21N3O/c1-11-14(6-8-17-11)15(19)18(13-4-5-13)10-12-3-2-7-16-9-12/h2-3,7,9,11,13-14,17H,4-6,8,10H2,1H3. The molecule has 102 valence electrons. The minimum Gasteiger partial charge on any atom is -0.335 e. The molecular weight excluding hydrogens is 238 g/mol. The van der Waals surface area contributed by atoms with Gasteiger partial charge in [-0.05, 0) is 44.4 Å². The van der Waals surface area contributed by atoms with Gasteiger partial charge < -0.3 is 10.2 Å². The van der Waals surface area contributed by atoms with Gasteiger partial charge in [0.1, 0.15) is 0 Å². The Bertz CT molecular complexity index is 444. The molecule has 1 amide bonds. The summed E-state index contributed by atoms with van der Waals surface area (Å²) < 4.78 is 0. The smallest absolute Gasteiger partial charge is 0.227 e. The average Bonchev–Trinajstić information content (AvgIpc) is 3.18. The van der Waals surface area contributed by atoms with E-state index in [1.165, 1.54) is 0 Å². The second-order valence-electron chi connectivity index (χ2n) is 5.70. The topological polar surface area (TPSA) is 45.2 Å². The Morgan fingerprint density at radius 2 is 2.32 bits per heavy atom. The highest BCUT2D eigenvalue weighted by Crippen LogP contribution is 2.31. The van der Waals surface area contributed by atoms with E-state index in [4.69, 9.17) is 0 Å². The fraction of sp³-hybridized carbons (Fsp3) is 0.600. The number of nitrogens with one attached hydrogen (secondary N) is 1. The molecule has 1 saturated heterocycles. The minimum absolute atomic E-state index is 0.150. The Balaban J connectivity index is 1.72. The molecule has 4 nitrogen and oxygen atoms in total. The van der Waals surface area contributed by atoms with E-state index in [-0.39, 0.29) is 5.92 Å². The Morgan fingerprint density at radius 3 is 2.89 bits per heavy atom. The number of carbonyl (C=O) groups excluding carboxylic acids is 1. The van der Waals surface area contributed by atoms with Crippen molar-refractivity contribution < 1.29 is 4.79 Å². The van der Waals surface area contributed by atoms with Crippen molar-refractivity contribution in [1.82, 2.24) is 15.2 Å². The fourth-order valence-corrected chi connectivity index (χ4v) is 2.87.